The Morgan fingerprint density at radius 1 is 1.18 bits per heavy atom. The van der Waals surface area contributed by atoms with Crippen molar-refractivity contribution in [2.45, 2.75) is 32.7 Å². The Morgan fingerprint density at radius 2 is 1.93 bits per heavy atom. The summed E-state index contributed by atoms with van der Waals surface area (Å²) < 4.78 is 11.2. The van der Waals surface area contributed by atoms with Gasteiger partial charge in [-0.05, 0) is 50.5 Å². The van der Waals surface area contributed by atoms with E-state index in [1.807, 2.05) is 38.1 Å². The summed E-state index contributed by atoms with van der Waals surface area (Å²) in [5.74, 6) is 2.38. The van der Waals surface area contributed by atoms with Crippen molar-refractivity contribution in [2.24, 2.45) is 5.92 Å². The maximum absolute atomic E-state index is 12.8. The first kappa shape index (κ1) is 18.5. The second kappa shape index (κ2) is 8.04. The van der Waals surface area contributed by atoms with Gasteiger partial charge in [-0.1, -0.05) is 6.07 Å². The molecule has 2 aromatic rings. The summed E-state index contributed by atoms with van der Waals surface area (Å²) in [4.78, 5) is 23.7. The molecule has 1 atom stereocenters. The van der Waals surface area contributed by atoms with E-state index in [9.17, 15) is 4.79 Å². The minimum atomic E-state index is -0.0820. The summed E-state index contributed by atoms with van der Waals surface area (Å²) in [6, 6.07) is 7.66. The quantitative estimate of drug-likeness (QED) is 0.876. The fraction of sp³-hybridized carbons (Fsp3) is 0.476. The molecule has 148 valence electrons. The molecule has 0 aliphatic carbocycles. The van der Waals surface area contributed by atoms with Crippen LogP contribution in [0.2, 0.25) is 0 Å². The fourth-order valence-corrected chi connectivity index (χ4v) is 3.67. The van der Waals surface area contributed by atoms with E-state index in [1.165, 1.54) is 0 Å². The van der Waals surface area contributed by atoms with Gasteiger partial charge in [0.1, 0.15) is 13.2 Å². The lowest BCUT2D eigenvalue weighted by Crippen LogP contribution is -2.41. The van der Waals surface area contributed by atoms with Crippen LogP contribution in [0.15, 0.2) is 30.5 Å². The molecule has 2 aliphatic heterocycles. The van der Waals surface area contributed by atoms with Crippen molar-refractivity contribution in [3.63, 3.8) is 0 Å². The third-order valence-electron chi connectivity index (χ3n) is 5.36. The number of benzene rings is 1. The number of nitrogens with zero attached hydrogens (tertiary/aromatic N) is 3. The summed E-state index contributed by atoms with van der Waals surface area (Å²) in [6.07, 6.45) is 3.39. The number of aryl methyl sites for hydroxylation is 1. The Labute approximate surface area is 165 Å². The van der Waals surface area contributed by atoms with Gasteiger partial charge in [0.25, 0.3) is 0 Å². The molecule has 7 nitrogen and oxygen atoms in total. The molecule has 1 fully saturated rings. The number of carbonyl (C=O) groups is 1. The lowest BCUT2D eigenvalue weighted by Gasteiger charge is -2.32. The normalized spacial score (nSPS) is 17.9. The molecule has 0 spiro atoms. The summed E-state index contributed by atoms with van der Waals surface area (Å²) in [7, 11) is 0. The van der Waals surface area contributed by atoms with Gasteiger partial charge in [0, 0.05) is 30.9 Å². The first-order chi connectivity index (χ1) is 13.6. The maximum Gasteiger partial charge on any atom is 0.225 e. The van der Waals surface area contributed by atoms with Crippen LogP contribution in [0.4, 0.5) is 5.95 Å². The molecular formula is C21H26N4O3. The van der Waals surface area contributed by atoms with Crippen LogP contribution in [0.25, 0.3) is 0 Å². The third-order valence-corrected chi connectivity index (χ3v) is 5.36. The molecule has 0 unspecified atom stereocenters. The molecule has 0 radical (unpaired) electrons. The number of fused-ring (bicyclic) bond motifs is 1. The van der Waals surface area contributed by atoms with Gasteiger partial charge in [-0.3, -0.25) is 4.79 Å². The number of piperidine rings is 1. The van der Waals surface area contributed by atoms with E-state index in [4.69, 9.17) is 9.47 Å². The van der Waals surface area contributed by atoms with E-state index in [2.05, 4.69) is 20.2 Å². The van der Waals surface area contributed by atoms with Crippen LogP contribution < -0.4 is 19.7 Å². The minimum Gasteiger partial charge on any atom is -0.486 e. The molecule has 4 rings (SSSR count). The van der Waals surface area contributed by atoms with Gasteiger partial charge in [-0.25, -0.2) is 9.97 Å². The Kier molecular flexibility index (Phi) is 5.32. The largest absolute Gasteiger partial charge is 0.486 e. The molecular weight excluding hydrogens is 356 g/mol. The first-order valence-electron chi connectivity index (χ1n) is 9.84. The molecule has 1 N–H and O–H groups in total. The average molecular weight is 382 g/mol. The third kappa shape index (κ3) is 4.03. The van der Waals surface area contributed by atoms with Gasteiger partial charge in [-0.2, -0.15) is 0 Å². The molecule has 28 heavy (non-hydrogen) atoms. The van der Waals surface area contributed by atoms with Gasteiger partial charge in [0.05, 0.1) is 6.04 Å². The van der Waals surface area contributed by atoms with Gasteiger partial charge in [0.15, 0.2) is 11.5 Å². The van der Waals surface area contributed by atoms with Crippen molar-refractivity contribution in [2.75, 3.05) is 31.2 Å². The van der Waals surface area contributed by atoms with Crippen molar-refractivity contribution in [3.8, 4) is 11.5 Å². The van der Waals surface area contributed by atoms with Crippen LogP contribution in [-0.4, -0.2) is 42.2 Å². The molecule has 2 aliphatic rings. The number of aromatic nitrogens is 2. The van der Waals surface area contributed by atoms with E-state index in [0.29, 0.717) is 13.2 Å². The lowest BCUT2D eigenvalue weighted by molar-refractivity contribution is -0.126. The van der Waals surface area contributed by atoms with Gasteiger partial charge in [0.2, 0.25) is 11.9 Å². The van der Waals surface area contributed by atoms with Gasteiger partial charge >= 0.3 is 0 Å². The van der Waals surface area contributed by atoms with Crippen molar-refractivity contribution in [1.29, 1.82) is 0 Å². The fourth-order valence-electron chi connectivity index (χ4n) is 3.67. The Balaban J connectivity index is 1.33. The van der Waals surface area contributed by atoms with Crippen LogP contribution in [0.3, 0.4) is 0 Å². The van der Waals surface area contributed by atoms with E-state index in [-0.39, 0.29) is 17.9 Å². The van der Waals surface area contributed by atoms with Crippen molar-refractivity contribution < 1.29 is 14.3 Å². The highest BCUT2D eigenvalue weighted by molar-refractivity contribution is 5.79. The molecule has 1 amide bonds. The second-order valence-electron chi connectivity index (χ2n) is 7.39. The predicted octanol–water partition coefficient (Wildman–Crippen LogP) is 2.65. The highest BCUT2D eigenvalue weighted by Crippen LogP contribution is 2.32. The summed E-state index contributed by atoms with van der Waals surface area (Å²) in [5, 5.41) is 3.15. The van der Waals surface area contributed by atoms with E-state index in [0.717, 1.165) is 54.6 Å². The number of rotatable bonds is 4. The first-order valence-corrected chi connectivity index (χ1v) is 9.84. The molecule has 0 saturated carbocycles. The van der Waals surface area contributed by atoms with Crippen molar-refractivity contribution in [3.05, 3.63) is 41.7 Å². The Bertz CT molecular complexity index is 849. The number of ether oxygens (including phenoxy) is 2. The van der Waals surface area contributed by atoms with Crippen LogP contribution in [0.1, 0.15) is 37.1 Å². The number of nitrogens with one attached hydrogen (secondary N) is 1. The zero-order valence-electron chi connectivity index (χ0n) is 16.4. The van der Waals surface area contributed by atoms with Crippen LogP contribution in [0, 0.1) is 12.8 Å². The summed E-state index contributed by atoms with van der Waals surface area (Å²) in [5.41, 5.74) is 1.97. The standard InChI is InChI=1S/C21H26N4O3/c1-14-5-8-22-21(23-14)25-9-6-16(7-10-25)20(26)24-15(2)17-3-4-18-19(13-17)28-12-11-27-18/h3-5,8,13,15-16H,6-7,9-12H2,1-2H3,(H,24,26)/t15-/m0/s1. The minimum absolute atomic E-state index is 0.0146. The highest BCUT2D eigenvalue weighted by Gasteiger charge is 2.27. The smallest absolute Gasteiger partial charge is 0.225 e. The predicted molar refractivity (Wildman–Crippen MR) is 106 cm³/mol. The van der Waals surface area contributed by atoms with Crippen LogP contribution in [-0.2, 0) is 4.79 Å². The van der Waals surface area contributed by atoms with Crippen LogP contribution in [0.5, 0.6) is 11.5 Å². The summed E-state index contributed by atoms with van der Waals surface area (Å²) in [6.45, 7) is 6.68. The molecule has 0 bridgehead atoms. The topological polar surface area (TPSA) is 76.6 Å². The number of hydrogen-bond acceptors (Lipinski definition) is 6. The lowest BCUT2D eigenvalue weighted by atomic mass is 9.95. The molecule has 1 aromatic heterocycles. The Morgan fingerprint density at radius 3 is 2.68 bits per heavy atom. The molecule has 3 heterocycles. The van der Waals surface area contributed by atoms with E-state index >= 15 is 0 Å². The second-order valence-corrected chi connectivity index (χ2v) is 7.39. The zero-order valence-corrected chi connectivity index (χ0v) is 16.4. The number of carbonyl (C=O) groups excluding carboxylic acids is 1. The van der Waals surface area contributed by atoms with Crippen molar-refractivity contribution >= 4 is 11.9 Å². The van der Waals surface area contributed by atoms with Gasteiger partial charge < -0.3 is 19.7 Å². The molecule has 1 aromatic carbocycles. The number of hydrogen-bond donors (Lipinski definition) is 1. The highest BCUT2D eigenvalue weighted by atomic mass is 16.6. The maximum atomic E-state index is 12.8. The average Bonchev–Trinajstić information content (AvgIpc) is 2.73. The van der Waals surface area contributed by atoms with E-state index in [1.54, 1.807) is 6.20 Å². The van der Waals surface area contributed by atoms with Crippen LogP contribution >= 0.6 is 0 Å². The summed E-state index contributed by atoms with van der Waals surface area (Å²) >= 11 is 0. The zero-order chi connectivity index (χ0) is 19.5. The Hall–Kier alpha value is -2.83. The number of amides is 1. The van der Waals surface area contributed by atoms with Crippen molar-refractivity contribution in [1.82, 2.24) is 15.3 Å². The molecule has 1 saturated heterocycles. The van der Waals surface area contributed by atoms with E-state index < -0.39 is 0 Å². The monoisotopic (exact) mass is 382 g/mol. The van der Waals surface area contributed by atoms with Gasteiger partial charge in [-0.15, -0.1) is 0 Å². The molecule has 7 heteroatoms. The SMILES string of the molecule is Cc1ccnc(N2CCC(C(=O)N[C@@H](C)c3ccc4c(c3)OCCO4)CC2)n1. The number of anilines is 1.